The molecular formula is C53H80Cl2N2O17. The largest absolute Gasteiger partial charge is 0.504 e. The number of benzene rings is 2. The van der Waals surface area contributed by atoms with Crippen molar-refractivity contribution in [3.8, 4) is 0 Å². The summed E-state index contributed by atoms with van der Waals surface area (Å²) in [5, 5.41) is 9.75. The fourth-order valence-electron chi connectivity index (χ4n) is 4.98. The third kappa shape index (κ3) is 34.7. The predicted molar refractivity (Wildman–Crippen MR) is 284 cm³/mol. The van der Waals surface area contributed by atoms with E-state index in [1.807, 2.05) is 57.2 Å². The minimum Gasteiger partial charge on any atom is -0.504 e. The number of carbonyl (C=O) groups is 5. The number of hydrogen-bond donors (Lipinski definition) is 2. The Balaban J connectivity index is -0.000000856. The fraction of sp³-hybridized carbons (Fsp3) is 0.509. The molecule has 3 N–H and O–H groups in total. The lowest BCUT2D eigenvalue weighted by Gasteiger charge is -2.18. The van der Waals surface area contributed by atoms with Crippen LogP contribution >= 0.6 is 23.2 Å². The van der Waals surface area contributed by atoms with Crippen molar-refractivity contribution in [2.75, 3.05) is 68.6 Å². The first kappa shape index (κ1) is 72.6. The third-order valence-corrected chi connectivity index (χ3v) is 9.53. The van der Waals surface area contributed by atoms with Gasteiger partial charge in [0.05, 0.1) is 58.6 Å². The number of halogens is 2. The van der Waals surface area contributed by atoms with E-state index in [2.05, 4.69) is 14.2 Å². The molecule has 0 spiro atoms. The molecule has 2 aromatic carbocycles. The molecule has 1 aromatic heterocycles. The molecule has 3 unspecified atom stereocenters. The van der Waals surface area contributed by atoms with E-state index in [1.165, 1.54) is 36.2 Å². The van der Waals surface area contributed by atoms with Crippen LogP contribution in [0.4, 0.5) is 0 Å². The lowest BCUT2D eigenvalue weighted by molar-refractivity contribution is -0.179. The molecule has 0 bridgehead atoms. The average molecular weight is 1090 g/mol. The molecular weight excluding hydrogens is 1010 g/mol. The molecule has 0 saturated carbocycles. The number of nitrogens with two attached hydrogens (primary N) is 1. The molecule has 3 atom stereocenters. The summed E-state index contributed by atoms with van der Waals surface area (Å²) in [5.74, 6) is -3.08. The highest BCUT2D eigenvalue weighted by Crippen LogP contribution is 2.19. The lowest BCUT2D eigenvalue weighted by Crippen LogP contribution is -2.29. The lowest BCUT2D eigenvalue weighted by atomic mass is 10.1. The number of carbonyl (C=O) groups excluding carboxylic acids is 5. The van der Waals surface area contributed by atoms with Gasteiger partial charge >= 0.3 is 29.8 Å². The van der Waals surface area contributed by atoms with Gasteiger partial charge in [0.2, 0.25) is 0 Å². The Hall–Kier alpha value is -5.64. The maximum Gasteiger partial charge on any atom is 0.345 e. The standard InChI is InChI=1S/C16H16ClNO3.C11H16O5.C8H10ClN.C7H16O4.C7H12O4.C4H10O/c1-3-21-16(20)14-5-4-10-18(15(14)19)11(2)12-6-8-13(17)9-7-12;1-4-15-10(12)9(7-6-8-14-3)11(13)16-5-2;1-6(10)7-2-4-8(9)5-3-7;1-8-6(9-2)5-7(10-3)11-4;1-3-10-6(8)5-7(9)11-4-2;1-3-4(2)5/h4-11H,3H2,1-2H3;6-8H,4-5H2,1-3H3;2-6H,10H2,1H3;6-7H,5H2,1-4H3;3-5H2,1-2H3;4-5H,3H2,1-2H3/b;8-6+;;;;. The minimum absolute atomic E-state index is 0.0418. The van der Waals surface area contributed by atoms with Gasteiger partial charge < -0.3 is 62.8 Å². The van der Waals surface area contributed by atoms with Gasteiger partial charge in [-0.15, -0.1) is 0 Å². The van der Waals surface area contributed by atoms with Gasteiger partial charge in [-0.25, -0.2) is 14.4 Å². The number of hydrogen-bond acceptors (Lipinski definition) is 18. The van der Waals surface area contributed by atoms with Crippen molar-refractivity contribution in [1.29, 1.82) is 0 Å². The SMILES string of the molecule is CC(N)c1ccc(Cl)cc1.CCC(C)O.CCOC(=O)C(=C/C=C/OC)C(=O)OCC.CCOC(=O)CC(=O)OCC.CCOC(=O)c1cccn(C(C)c2ccc(Cl)cc2)c1=O.COC(CC(OC)OC)OC. The van der Waals surface area contributed by atoms with Crippen molar-refractivity contribution >= 4 is 53.0 Å². The van der Waals surface area contributed by atoms with Crippen LogP contribution in [0, 0.1) is 0 Å². The van der Waals surface area contributed by atoms with E-state index in [1.54, 1.807) is 94.4 Å². The Morgan fingerprint density at radius 2 is 1.04 bits per heavy atom. The first-order chi connectivity index (χ1) is 35.2. The molecule has 19 nitrogen and oxygen atoms in total. The van der Waals surface area contributed by atoms with Crippen LogP contribution in [-0.2, 0) is 66.5 Å². The predicted octanol–water partition coefficient (Wildman–Crippen LogP) is 8.74. The van der Waals surface area contributed by atoms with Crippen LogP contribution in [0.2, 0.25) is 10.0 Å². The van der Waals surface area contributed by atoms with Crippen molar-refractivity contribution in [3.63, 3.8) is 0 Å². The number of pyridine rings is 1. The topological polar surface area (TPSA) is 246 Å². The Morgan fingerprint density at radius 1 is 0.635 bits per heavy atom. The van der Waals surface area contributed by atoms with Crippen molar-refractivity contribution < 1.29 is 76.4 Å². The molecule has 0 radical (unpaired) electrons. The highest BCUT2D eigenvalue weighted by Gasteiger charge is 2.20. The molecule has 0 aliphatic rings. The van der Waals surface area contributed by atoms with Gasteiger partial charge in [0.25, 0.3) is 5.56 Å². The van der Waals surface area contributed by atoms with Crippen LogP contribution in [0.25, 0.3) is 0 Å². The Bertz CT molecular complexity index is 2040. The van der Waals surface area contributed by atoms with Gasteiger partial charge in [0.15, 0.2) is 12.6 Å². The van der Waals surface area contributed by atoms with Gasteiger partial charge in [-0.3, -0.25) is 14.4 Å². The van der Waals surface area contributed by atoms with Gasteiger partial charge in [0.1, 0.15) is 17.6 Å². The molecule has 3 aromatic rings. The Morgan fingerprint density at radius 3 is 1.39 bits per heavy atom. The quantitative estimate of drug-likeness (QED) is 0.0139. The summed E-state index contributed by atoms with van der Waals surface area (Å²) in [6, 6.07) is 17.9. The molecule has 0 aliphatic carbocycles. The zero-order chi connectivity index (χ0) is 57.0. The number of aliphatic hydroxyl groups is 1. The molecule has 0 saturated heterocycles. The highest BCUT2D eigenvalue weighted by atomic mass is 35.5. The number of aromatic nitrogens is 1. The van der Waals surface area contributed by atoms with E-state index in [0.717, 1.165) is 22.6 Å². The molecule has 418 valence electrons. The molecule has 0 amide bonds. The summed E-state index contributed by atoms with van der Waals surface area (Å²) in [6.45, 7) is 17.2. The summed E-state index contributed by atoms with van der Waals surface area (Å²) >= 11 is 11.5. The number of methoxy groups -OCH3 is 5. The number of ether oxygens (including phenoxy) is 10. The van der Waals surface area contributed by atoms with E-state index >= 15 is 0 Å². The summed E-state index contributed by atoms with van der Waals surface area (Å²) in [7, 11) is 7.78. The van der Waals surface area contributed by atoms with Gasteiger partial charge in [-0.05, 0) is 121 Å². The first-order valence-corrected chi connectivity index (χ1v) is 24.4. The van der Waals surface area contributed by atoms with Crippen LogP contribution < -0.4 is 11.3 Å². The van der Waals surface area contributed by atoms with Crippen LogP contribution in [0.5, 0.6) is 0 Å². The Labute approximate surface area is 447 Å². The summed E-state index contributed by atoms with van der Waals surface area (Å²) < 4.78 is 49.3. The maximum atomic E-state index is 12.4. The normalized spacial score (nSPS) is 11.3. The molecule has 3 rings (SSSR count). The summed E-state index contributed by atoms with van der Waals surface area (Å²) in [4.78, 5) is 68.2. The van der Waals surface area contributed by atoms with Crippen LogP contribution in [0.3, 0.4) is 0 Å². The van der Waals surface area contributed by atoms with Gasteiger partial charge in [0, 0.05) is 57.1 Å². The monoisotopic (exact) mass is 1090 g/mol. The second-order valence-corrected chi connectivity index (χ2v) is 15.5. The zero-order valence-corrected chi connectivity index (χ0v) is 46.9. The zero-order valence-electron chi connectivity index (χ0n) is 45.4. The van der Waals surface area contributed by atoms with Gasteiger partial charge in [-0.2, -0.15) is 0 Å². The van der Waals surface area contributed by atoms with Crippen molar-refractivity contribution in [1.82, 2.24) is 4.57 Å². The van der Waals surface area contributed by atoms with Crippen molar-refractivity contribution in [3.05, 3.63) is 128 Å². The fourth-order valence-corrected chi connectivity index (χ4v) is 5.23. The second kappa shape index (κ2) is 45.9. The minimum atomic E-state index is -0.707. The summed E-state index contributed by atoms with van der Waals surface area (Å²) in [5.41, 5.74) is 7.19. The van der Waals surface area contributed by atoms with Crippen LogP contribution in [0.15, 0.2) is 95.6 Å². The smallest absolute Gasteiger partial charge is 0.345 e. The van der Waals surface area contributed by atoms with Crippen molar-refractivity contribution in [2.45, 2.75) is 112 Å². The molecule has 74 heavy (non-hydrogen) atoms. The first-order valence-electron chi connectivity index (χ1n) is 23.7. The number of nitrogens with zero attached hydrogens (tertiary/aromatic N) is 1. The second-order valence-electron chi connectivity index (χ2n) is 14.6. The highest BCUT2D eigenvalue weighted by molar-refractivity contribution is 6.30. The maximum absolute atomic E-state index is 12.4. The van der Waals surface area contributed by atoms with Gasteiger partial charge in [-0.1, -0.05) is 54.4 Å². The van der Waals surface area contributed by atoms with E-state index < -0.39 is 29.8 Å². The van der Waals surface area contributed by atoms with E-state index in [-0.39, 0.29) is 86.9 Å². The molecule has 0 fully saturated rings. The van der Waals surface area contributed by atoms with E-state index in [0.29, 0.717) is 11.4 Å². The van der Waals surface area contributed by atoms with E-state index in [9.17, 15) is 28.8 Å². The average Bonchev–Trinajstić information content (AvgIpc) is 3.37. The molecule has 21 heteroatoms. The summed E-state index contributed by atoms with van der Waals surface area (Å²) in [6.07, 6.45) is 6.20. The third-order valence-electron chi connectivity index (χ3n) is 9.03. The number of esters is 5. The molecule has 0 aliphatic heterocycles. The van der Waals surface area contributed by atoms with Crippen LogP contribution in [0.1, 0.15) is 115 Å². The van der Waals surface area contributed by atoms with E-state index in [4.69, 9.17) is 67.2 Å². The van der Waals surface area contributed by atoms with Crippen LogP contribution in [-0.4, -0.2) is 127 Å². The Kier molecular flexibility index (Phi) is 45.1. The molecule has 1 heterocycles. The number of rotatable bonds is 22. The number of aliphatic hydroxyl groups excluding tert-OH is 1. The number of allylic oxidation sites excluding steroid dienone is 2. The van der Waals surface area contributed by atoms with Crippen molar-refractivity contribution in [2.24, 2.45) is 5.73 Å².